The van der Waals surface area contributed by atoms with Gasteiger partial charge in [0.05, 0.1) is 41.8 Å². The molecule has 1 fully saturated rings. The van der Waals surface area contributed by atoms with Crippen LogP contribution in [-0.4, -0.2) is 64.2 Å². The van der Waals surface area contributed by atoms with Crippen LogP contribution in [0.15, 0.2) is 73.8 Å². The van der Waals surface area contributed by atoms with Crippen LogP contribution in [0.3, 0.4) is 0 Å². The van der Waals surface area contributed by atoms with Gasteiger partial charge >= 0.3 is 5.97 Å². The van der Waals surface area contributed by atoms with E-state index >= 15 is 0 Å². The molecule has 2 atom stereocenters. The van der Waals surface area contributed by atoms with Crippen molar-refractivity contribution in [3.8, 4) is 28.1 Å². The van der Waals surface area contributed by atoms with Crippen LogP contribution >= 0.6 is 0 Å². The molecule has 4 aromatic rings. The summed E-state index contributed by atoms with van der Waals surface area (Å²) in [5.74, 6) is 1.15. The third kappa shape index (κ3) is 8.89. The Morgan fingerprint density at radius 1 is 1.04 bits per heavy atom. The van der Waals surface area contributed by atoms with E-state index in [1.165, 1.54) is 0 Å². The van der Waals surface area contributed by atoms with Crippen molar-refractivity contribution in [1.82, 2.24) is 14.6 Å². The fourth-order valence-corrected chi connectivity index (χ4v) is 6.58. The molecular formula is C42H54N4O5. The van der Waals surface area contributed by atoms with E-state index < -0.39 is 17.7 Å². The number of rotatable bonds is 14. The molecule has 2 unspecified atom stereocenters. The molecule has 2 aromatic heterocycles. The molecule has 0 amide bonds. The number of fused-ring (bicyclic) bond motifs is 1. The van der Waals surface area contributed by atoms with E-state index in [0.717, 1.165) is 58.8 Å². The van der Waals surface area contributed by atoms with E-state index in [1.54, 1.807) is 13.0 Å². The van der Waals surface area contributed by atoms with Gasteiger partial charge in [-0.15, -0.1) is 13.2 Å². The first kappa shape index (κ1) is 37.8. The van der Waals surface area contributed by atoms with Crippen molar-refractivity contribution in [2.24, 2.45) is 0 Å². The lowest BCUT2D eigenvalue weighted by Gasteiger charge is -2.41. The number of esters is 1. The molecule has 51 heavy (non-hydrogen) atoms. The van der Waals surface area contributed by atoms with E-state index in [4.69, 9.17) is 29.0 Å². The first-order valence-corrected chi connectivity index (χ1v) is 18.0. The Balaban J connectivity index is 1.65. The Bertz CT molecular complexity index is 1870. The van der Waals surface area contributed by atoms with E-state index in [9.17, 15) is 4.79 Å². The summed E-state index contributed by atoms with van der Waals surface area (Å²) >= 11 is 0. The Morgan fingerprint density at radius 2 is 1.76 bits per heavy atom. The highest BCUT2D eigenvalue weighted by Gasteiger charge is 2.38. The summed E-state index contributed by atoms with van der Waals surface area (Å²) in [4.78, 5) is 21.0. The van der Waals surface area contributed by atoms with Crippen molar-refractivity contribution >= 4 is 17.4 Å². The summed E-state index contributed by atoms with van der Waals surface area (Å²) < 4.78 is 26.5. The summed E-state index contributed by atoms with van der Waals surface area (Å²) in [5.41, 5.74) is 5.98. The number of ether oxygens (including phenoxy) is 4. The largest absolute Gasteiger partial charge is 0.490 e. The number of benzene rings is 2. The number of hydrogen-bond donors (Lipinski definition) is 0. The van der Waals surface area contributed by atoms with E-state index in [1.807, 2.05) is 56.5 Å². The first-order valence-electron chi connectivity index (χ1n) is 18.0. The Labute approximate surface area is 303 Å². The summed E-state index contributed by atoms with van der Waals surface area (Å²) in [7, 11) is 0. The maximum atomic E-state index is 13.7. The molecule has 0 saturated carbocycles. The monoisotopic (exact) mass is 694 g/mol. The maximum Gasteiger partial charge on any atom is 0.340 e. The van der Waals surface area contributed by atoms with Crippen LogP contribution in [0, 0.1) is 13.8 Å². The van der Waals surface area contributed by atoms with Gasteiger partial charge in [-0.1, -0.05) is 42.0 Å². The van der Waals surface area contributed by atoms with Gasteiger partial charge in [0.1, 0.15) is 11.6 Å². The van der Waals surface area contributed by atoms with Crippen molar-refractivity contribution in [2.75, 3.05) is 31.2 Å². The Kier molecular flexibility index (Phi) is 11.7. The SMILES string of the molecule is C=CCOC1(C)CCN(c2c(C(OC(C)(C)C)C(=O)OCC)c(C)nc3cc(-c4cccc(-c5cc(C)ccc5OC(C)CC=C)c4)nn23)CC1. The van der Waals surface area contributed by atoms with Crippen LogP contribution < -0.4 is 9.64 Å². The second-order valence-electron chi connectivity index (χ2n) is 14.7. The number of aryl methyl sites for hydroxylation is 2. The average molecular weight is 695 g/mol. The van der Waals surface area contributed by atoms with Crippen LogP contribution in [0.25, 0.3) is 28.0 Å². The number of anilines is 1. The number of carbonyl (C=O) groups is 1. The lowest BCUT2D eigenvalue weighted by atomic mass is 9.92. The van der Waals surface area contributed by atoms with E-state index in [-0.39, 0.29) is 18.3 Å². The highest BCUT2D eigenvalue weighted by atomic mass is 16.6. The molecule has 0 aliphatic carbocycles. The minimum atomic E-state index is -0.999. The lowest BCUT2D eigenvalue weighted by Crippen LogP contribution is -2.45. The van der Waals surface area contributed by atoms with Gasteiger partial charge < -0.3 is 23.8 Å². The second-order valence-corrected chi connectivity index (χ2v) is 14.7. The van der Waals surface area contributed by atoms with Gasteiger partial charge in [-0.05, 0) is 92.0 Å². The smallest absolute Gasteiger partial charge is 0.340 e. The highest BCUT2D eigenvalue weighted by molar-refractivity contribution is 5.81. The van der Waals surface area contributed by atoms with Gasteiger partial charge in [-0.25, -0.2) is 9.78 Å². The van der Waals surface area contributed by atoms with Crippen LogP contribution in [0.5, 0.6) is 5.75 Å². The first-order chi connectivity index (χ1) is 24.3. The molecule has 3 heterocycles. The van der Waals surface area contributed by atoms with E-state index in [0.29, 0.717) is 36.6 Å². The normalized spacial score (nSPS) is 15.7. The highest BCUT2D eigenvalue weighted by Crippen LogP contribution is 2.40. The Hall–Kier alpha value is -4.47. The van der Waals surface area contributed by atoms with Crippen molar-refractivity contribution < 1.29 is 23.7 Å². The molecule has 9 nitrogen and oxygen atoms in total. The zero-order valence-corrected chi connectivity index (χ0v) is 31.6. The third-order valence-electron chi connectivity index (χ3n) is 9.14. The predicted octanol–water partition coefficient (Wildman–Crippen LogP) is 9.00. The molecule has 0 spiro atoms. The van der Waals surface area contributed by atoms with Crippen molar-refractivity contribution in [1.29, 1.82) is 0 Å². The zero-order chi connectivity index (χ0) is 36.9. The Morgan fingerprint density at radius 3 is 2.43 bits per heavy atom. The number of carbonyl (C=O) groups excluding carboxylic acids is 1. The molecule has 0 radical (unpaired) electrons. The number of nitrogens with zero attached hydrogens (tertiary/aromatic N) is 4. The number of aromatic nitrogens is 3. The molecule has 1 aliphatic rings. The topological polar surface area (TPSA) is 87.4 Å². The molecule has 1 aliphatic heterocycles. The molecule has 0 bridgehead atoms. The average Bonchev–Trinajstić information content (AvgIpc) is 3.51. The van der Waals surface area contributed by atoms with Gasteiger partial charge in [0.15, 0.2) is 11.8 Å². The molecule has 2 aromatic carbocycles. The molecule has 1 saturated heterocycles. The van der Waals surface area contributed by atoms with Crippen LogP contribution in [0.1, 0.15) is 83.7 Å². The van der Waals surface area contributed by atoms with Crippen LogP contribution in [0.2, 0.25) is 0 Å². The standard InChI is InChI=1S/C42H54N4O5/c1-11-15-29(5)50-35-19-18-28(4)25-33(35)31-16-14-17-32(26-31)34-27-36-43-30(6)37(38(40(47)48-13-3)51-41(7,8)9)39(46(36)44-34)45-22-20-42(10,21-23-45)49-24-12-2/h11-12,14,16-19,25-27,29,38H,1-2,13,15,20-24H2,3-10H3. The molecule has 5 rings (SSSR count). The number of piperidine rings is 1. The van der Waals surface area contributed by atoms with Crippen LogP contribution in [-0.2, 0) is 19.0 Å². The van der Waals surface area contributed by atoms with E-state index in [2.05, 4.69) is 69.2 Å². The van der Waals surface area contributed by atoms with Gasteiger partial charge in [-0.3, -0.25) is 0 Å². The van der Waals surface area contributed by atoms with Gasteiger partial charge in [0.2, 0.25) is 0 Å². The van der Waals surface area contributed by atoms with Crippen molar-refractivity contribution in [2.45, 2.75) is 98.1 Å². The molecule has 9 heteroatoms. The summed E-state index contributed by atoms with van der Waals surface area (Å²) in [6.45, 7) is 25.6. The van der Waals surface area contributed by atoms with Gasteiger partial charge in [0, 0.05) is 42.4 Å². The quantitative estimate of drug-likeness (QED) is 0.0955. The van der Waals surface area contributed by atoms with Crippen molar-refractivity contribution in [3.63, 3.8) is 0 Å². The minimum Gasteiger partial charge on any atom is -0.490 e. The summed E-state index contributed by atoms with van der Waals surface area (Å²) in [6, 6.07) is 16.6. The summed E-state index contributed by atoms with van der Waals surface area (Å²) in [5, 5.41) is 5.20. The number of hydrogen-bond acceptors (Lipinski definition) is 8. The molecular weight excluding hydrogens is 640 g/mol. The predicted molar refractivity (Wildman–Crippen MR) is 204 cm³/mol. The fraction of sp³-hybridized carbons (Fsp3) is 0.452. The van der Waals surface area contributed by atoms with Gasteiger partial charge in [0.25, 0.3) is 0 Å². The third-order valence-corrected chi connectivity index (χ3v) is 9.14. The van der Waals surface area contributed by atoms with Crippen molar-refractivity contribution in [3.05, 3.63) is 90.7 Å². The minimum absolute atomic E-state index is 0.00518. The van der Waals surface area contributed by atoms with Crippen LogP contribution in [0.4, 0.5) is 5.82 Å². The van der Waals surface area contributed by atoms with Gasteiger partial charge in [-0.2, -0.15) is 9.61 Å². The molecule has 272 valence electrons. The zero-order valence-electron chi connectivity index (χ0n) is 31.6. The molecule has 0 N–H and O–H groups in total. The maximum absolute atomic E-state index is 13.7. The fourth-order valence-electron chi connectivity index (χ4n) is 6.58. The summed E-state index contributed by atoms with van der Waals surface area (Å²) in [6.07, 6.45) is 4.99. The second kappa shape index (κ2) is 15.8. The lowest BCUT2D eigenvalue weighted by molar-refractivity contribution is -0.166.